The van der Waals surface area contributed by atoms with E-state index in [1.54, 1.807) is 36.4 Å². The SMILES string of the molecule is Cn1nc(C(=O)OCC(=O)c2ccc(-c3ccccc3)cc2)c2ccccc2c1=O. The van der Waals surface area contributed by atoms with Crippen LogP contribution in [0.1, 0.15) is 20.8 Å². The Morgan fingerprint density at radius 2 is 1.43 bits per heavy atom. The molecule has 0 fully saturated rings. The molecule has 0 aliphatic carbocycles. The molecule has 0 unspecified atom stereocenters. The maximum absolute atomic E-state index is 12.5. The van der Waals surface area contributed by atoms with Gasteiger partial charge in [-0.15, -0.1) is 0 Å². The third-order valence-corrected chi connectivity index (χ3v) is 4.80. The van der Waals surface area contributed by atoms with Crippen molar-refractivity contribution in [2.45, 2.75) is 0 Å². The lowest BCUT2D eigenvalue weighted by molar-refractivity contribution is 0.0469. The lowest BCUT2D eigenvalue weighted by Crippen LogP contribution is -2.24. The zero-order valence-electron chi connectivity index (χ0n) is 16.2. The van der Waals surface area contributed by atoms with Crippen LogP contribution in [0.5, 0.6) is 0 Å². The summed E-state index contributed by atoms with van der Waals surface area (Å²) >= 11 is 0. The van der Waals surface area contributed by atoms with Crippen molar-refractivity contribution < 1.29 is 14.3 Å². The molecule has 0 saturated carbocycles. The summed E-state index contributed by atoms with van der Waals surface area (Å²) < 4.78 is 6.28. The molecular weight excluding hydrogens is 380 g/mol. The van der Waals surface area contributed by atoms with Gasteiger partial charge >= 0.3 is 5.97 Å². The largest absolute Gasteiger partial charge is 0.452 e. The molecule has 0 amide bonds. The minimum Gasteiger partial charge on any atom is -0.452 e. The summed E-state index contributed by atoms with van der Waals surface area (Å²) in [7, 11) is 1.46. The van der Waals surface area contributed by atoms with Crippen LogP contribution in [-0.2, 0) is 11.8 Å². The first-order chi connectivity index (χ1) is 14.5. The summed E-state index contributed by atoms with van der Waals surface area (Å²) in [4.78, 5) is 37.2. The van der Waals surface area contributed by atoms with Crippen LogP contribution < -0.4 is 5.56 Å². The molecule has 3 aromatic carbocycles. The number of hydrogen-bond donors (Lipinski definition) is 0. The van der Waals surface area contributed by atoms with Gasteiger partial charge in [-0.3, -0.25) is 9.59 Å². The molecule has 0 bridgehead atoms. The van der Waals surface area contributed by atoms with Gasteiger partial charge in [-0.25, -0.2) is 9.48 Å². The third kappa shape index (κ3) is 3.75. The van der Waals surface area contributed by atoms with E-state index in [-0.39, 0.29) is 17.0 Å². The third-order valence-electron chi connectivity index (χ3n) is 4.80. The van der Waals surface area contributed by atoms with Gasteiger partial charge in [-0.2, -0.15) is 5.10 Å². The minimum atomic E-state index is -0.754. The fourth-order valence-corrected chi connectivity index (χ4v) is 3.21. The zero-order chi connectivity index (χ0) is 21.1. The van der Waals surface area contributed by atoms with E-state index in [1.807, 2.05) is 42.5 Å². The minimum absolute atomic E-state index is 0.0000690. The molecule has 0 radical (unpaired) electrons. The Bertz CT molecular complexity index is 1290. The number of aryl methyl sites for hydroxylation is 1. The van der Waals surface area contributed by atoms with Crippen LogP contribution in [0.4, 0.5) is 0 Å². The highest BCUT2D eigenvalue weighted by atomic mass is 16.5. The molecule has 0 N–H and O–H groups in total. The monoisotopic (exact) mass is 398 g/mol. The summed E-state index contributed by atoms with van der Waals surface area (Å²) in [6.45, 7) is -0.414. The van der Waals surface area contributed by atoms with Crippen LogP contribution in [0.2, 0.25) is 0 Å². The number of esters is 1. The van der Waals surface area contributed by atoms with Gasteiger partial charge < -0.3 is 4.74 Å². The topological polar surface area (TPSA) is 78.3 Å². The Balaban J connectivity index is 1.49. The number of hydrogen-bond acceptors (Lipinski definition) is 5. The number of aromatic nitrogens is 2. The molecule has 1 aromatic heterocycles. The van der Waals surface area contributed by atoms with Crippen molar-refractivity contribution in [3.63, 3.8) is 0 Å². The first-order valence-corrected chi connectivity index (χ1v) is 9.36. The summed E-state index contributed by atoms with van der Waals surface area (Å²) in [6, 6.07) is 23.6. The van der Waals surface area contributed by atoms with E-state index >= 15 is 0 Å². The average Bonchev–Trinajstić information content (AvgIpc) is 2.80. The van der Waals surface area contributed by atoms with Gasteiger partial charge in [0.1, 0.15) is 0 Å². The van der Waals surface area contributed by atoms with Gasteiger partial charge in [0.2, 0.25) is 0 Å². The number of ether oxygens (including phenoxy) is 1. The Labute approximate surface area is 172 Å². The smallest absolute Gasteiger partial charge is 0.359 e. The Morgan fingerprint density at radius 1 is 0.833 bits per heavy atom. The van der Waals surface area contributed by atoms with E-state index < -0.39 is 12.6 Å². The average molecular weight is 398 g/mol. The van der Waals surface area contributed by atoms with Crippen LogP contribution in [0.3, 0.4) is 0 Å². The van der Waals surface area contributed by atoms with Gasteiger partial charge in [0, 0.05) is 18.0 Å². The Hall–Kier alpha value is -4.06. The highest BCUT2D eigenvalue weighted by Crippen LogP contribution is 2.19. The fourth-order valence-electron chi connectivity index (χ4n) is 3.21. The second-order valence-electron chi connectivity index (χ2n) is 6.77. The summed E-state index contributed by atoms with van der Waals surface area (Å²) in [5.41, 5.74) is 2.18. The molecule has 0 aliphatic heterocycles. The maximum atomic E-state index is 12.5. The number of carbonyl (C=O) groups is 2. The first kappa shape index (κ1) is 19.3. The van der Waals surface area contributed by atoms with Gasteiger partial charge in [-0.1, -0.05) is 72.8 Å². The normalized spacial score (nSPS) is 10.7. The molecule has 0 aliphatic rings. The fraction of sp³-hybridized carbons (Fsp3) is 0.0833. The molecule has 0 spiro atoms. The number of Topliss-reactive ketones (excluding diaryl/α,β-unsaturated/α-hetero) is 1. The molecule has 0 saturated heterocycles. The number of rotatable bonds is 5. The van der Waals surface area contributed by atoms with Crippen LogP contribution >= 0.6 is 0 Å². The Kier molecular flexibility index (Phi) is 5.22. The van der Waals surface area contributed by atoms with Gasteiger partial charge in [-0.05, 0) is 17.2 Å². The molecule has 30 heavy (non-hydrogen) atoms. The number of fused-ring (bicyclic) bond motifs is 1. The van der Waals surface area contributed by atoms with Crippen molar-refractivity contribution in [1.82, 2.24) is 9.78 Å². The van der Waals surface area contributed by atoms with Crippen molar-refractivity contribution in [3.8, 4) is 11.1 Å². The van der Waals surface area contributed by atoms with Crippen LogP contribution in [0.15, 0.2) is 83.7 Å². The summed E-state index contributed by atoms with van der Waals surface area (Å²) in [6.07, 6.45) is 0. The standard InChI is InChI=1S/C24H18N2O4/c1-26-23(28)20-10-6-5-9-19(20)22(25-26)24(29)30-15-21(27)18-13-11-17(12-14-18)16-7-3-2-4-8-16/h2-14H,15H2,1H3. The van der Waals surface area contributed by atoms with Crippen molar-refractivity contribution in [3.05, 3.63) is 100 Å². The van der Waals surface area contributed by atoms with E-state index in [0.29, 0.717) is 16.3 Å². The second-order valence-corrected chi connectivity index (χ2v) is 6.77. The quantitative estimate of drug-likeness (QED) is 0.379. The molecule has 4 rings (SSSR count). The van der Waals surface area contributed by atoms with E-state index in [9.17, 15) is 14.4 Å². The van der Waals surface area contributed by atoms with Gasteiger partial charge in [0.15, 0.2) is 18.1 Å². The van der Waals surface area contributed by atoms with E-state index in [4.69, 9.17) is 4.74 Å². The van der Waals surface area contributed by atoms with Crippen molar-refractivity contribution in [2.24, 2.45) is 7.05 Å². The molecule has 1 heterocycles. The maximum Gasteiger partial charge on any atom is 0.359 e. The van der Waals surface area contributed by atoms with Gasteiger partial charge in [0.25, 0.3) is 5.56 Å². The van der Waals surface area contributed by atoms with Crippen LogP contribution in [0, 0.1) is 0 Å². The number of carbonyl (C=O) groups excluding carboxylic acids is 2. The lowest BCUT2D eigenvalue weighted by atomic mass is 10.0. The summed E-state index contributed by atoms with van der Waals surface area (Å²) in [5.74, 6) is -1.08. The molecule has 6 nitrogen and oxygen atoms in total. The van der Waals surface area contributed by atoms with Crippen molar-refractivity contribution >= 4 is 22.5 Å². The first-order valence-electron chi connectivity index (χ1n) is 9.36. The van der Waals surface area contributed by atoms with Crippen LogP contribution in [0.25, 0.3) is 21.9 Å². The molecule has 148 valence electrons. The molecule has 6 heteroatoms. The van der Waals surface area contributed by atoms with Crippen molar-refractivity contribution in [2.75, 3.05) is 6.61 Å². The molecule has 4 aromatic rings. The highest BCUT2D eigenvalue weighted by molar-refractivity contribution is 6.04. The molecular formula is C24H18N2O4. The van der Waals surface area contributed by atoms with E-state index in [1.165, 1.54) is 7.05 Å². The van der Waals surface area contributed by atoms with Crippen molar-refractivity contribution in [1.29, 1.82) is 0 Å². The predicted molar refractivity (Wildman–Crippen MR) is 113 cm³/mol. The molecule has 0 atom stereocenters. The van der Waals surface area contributed by atoms with Gasteiger partial charge in [0.05, 0.1) is 5.39 Å². The number of benzene rings is 3. The number of ketones is 1. The number of nitrogens with zero attached hydrogens (tertiary/aromatic N) is 2. The zero-order valence-corrected chi connectivity index (χ0v) is 16.2. The van der Waals surface area contributed by atoms with E-state index in [0.717, 1.165) is 15.8 Å². The highest BCUT2D eigenvalue weighted by Gasteiger charge is 2.18. The van der Waals surface area contributed by atoms with E-state index in [2.05, 4.69) is 5.10 Å². The predicted octanol–water partition coefficient (Wildman–Crippen LogP) is 3.64. The summed E-state index contributed by atoms with van der Waals surface area (Å²) in [5, 5.41) is 4.77. The lowest BCUT2D eigenvalue weighted by Gasteiger charge is -2.08. The second kappa shape index (κ2) is 8.13. The Morgan fingerprint density at radius 3 is 2.13 bits per heavy atom. The van der Waals surface area contributed by atoms with Crippen LogP contribution in [-0.4, -0.2) is 28.1 Å².